The molecule has 2 aliphatic rings. The van der Waals surface area contributed by atoms with Crippen molar-refractivity contribution in [2.75, 3.05) is 19.8 Å². The molecule has 4 unspecified atom stereocenters. The summed E-state index contributed by atoms with van der Waals surface area (Å²) in [6.07, 6.45) is 2.47. The molecule has 21 heavy (non-hydrogen) atoms. The van der Waals surface area contributed by atoms with Crippen LogP contribution in [0.25, 0.3) is 0 Å². The van der Waals surface area contributed by atoms with E-state index in [1.807, 2.05) is 6.92 Å². The van der Waals surface area contributed by atoms with E-state index < -0.39 is 5.97 Å². The molecule has 1 saturated heterocycles. The van der Waals surface area contributed by atoms with Crippen LogP contribution in [0.3, 0.4) is 0 Å². The molecule has 1 aliphatic carbocycles. The van der Waals surface area contributed by atoms with E-state index in [1.165, 1.54) is 0 Å². The van der Waals surface area contributed by atoms with Crippen LogP contribution in [-0.2, 0) is 9.53 Å². The summed E-state index contributed by atoms with van der Waals surface area (Å²) in [5.41, 5.74) is 0. The van der Waals surface area contributed by atoms with Crippen LogP contribution >= 0.6 is 0 Å². The average molecular weight is 300 g/mol. The van der Waals surface area contributed by atoms with Gasteiger partial charge in [-0.15, -0.1) is 0 Å². The Balaban J connectivity index is 1.89. The van der Waals surface area contributed by atoms with Crippen LogP contribution in [-0.4, -0.2) is 65.1 Å². The van der Waals surface area contributed by atoms with Crippen molar-refractivity contribution in [3.8, 4) is 0 Å². The van der Waals surface area contributed by atoms with E-state index in [1.54, 1.807) is 4.90 Å². The summed E-state index contributed by atoms with van der Waals surface area (Å²) in [6.45, 7) is 2.55. The second-order valence-corrected chi connectivity index (χ2v) is 5.99. The van der Waals surface area contributed by atoms with Gasteiger partial charge in [0.1, 0.15) is 0 Å². The number of aliphatic hydroxyl groups is 1. The smallest absolute Gasteiger partial charge is 0.318 e. The molecule has 0 aromatic rings. The van der Waals surface area contributed by atoms with Gasteiger partial charge < -0.3 is 25.2 Å². The Hall–Kier alpha value is -1.34. The normalized spacial score (nSPS) is 33.5. The number of urea groups is 1. The number of morpholine rings is 1. The summed E-state index contributed by atoms with van der Waals surface area (Å²) in [7, 11) is 0. The number of rotatable bonds is 3. The minimum atomic E-state index is -0.783. The molecule has 1 heterocycles. The summed E-state index contributed by atoms with van der Waals surface area (Å²) >= 11 is 0. The van der Waals surface area contributed by atoms with Crippen molar-refractivity contribution in [2.24, 2.45) is 5.92 Å². The maximum absolute atomic E-state index is 12.3. The first-order valence-electron chi connectivity index (χ1n) is 7.53. The zero-order chi connectivity index (χ0) is 15.4. The molecule has 2 rings (SSSR count). The Morgan fingerprint density at radius 1 is 1.38 bits per heavy atom. The maximum atomic E-state index is 12.3. The Morgan fingerprint density at radius 3 is 2.81 bits per heavy atom. The van der Waals surface area contributed by atoms with Crippen molar-refractivity contribution < 1.29 is 24.5 Å². The molecular weight excluding hydrogens is 276 g/mol. The monoisotopic (exact) mass is 300 g/mol. The quantitative estimate of drug-likeness (QED) is 0.701. The average Bonchev–Trinajstić information content (AvgIpc) is 2.48. The molecule has 7 nitrogen and oxygen atoms in total. The number of nitrogens with zero attached hydrogens (tertiary/aromatic N) is 1. The number of aliphatic carboxylic acids is 1. The van der Waals surface area contributed by atoms with E-state index in [2.05, 4.69) is 5.32 Å². The molecule has 3 N–H and O–H groups in total. The molecule has 4 atom stereocenters. The zero-order valence-electron chi connectivity index (χ0n) is 12.3. The van der Waals surface area contributed by atoms with E-state index in [0.29, 0.717) is 26.0 Å². The highest BCUT2D eigenvalue weighted by Crippen LogP contribution is 2.25. The lowest BCUT2D eigenvalue weighted by molar-refractivity contribution is -0.143. The third-order valence-electron chi connectivity index (χ3n) is 4.32. The van der Waals surface area contributed by atoms with Gasteiger partial charge in [0.2, 0.25) is 0 Å². The van der Waals surface area contributed by atoms with Crippen molar-refractivity contribution in [1.29, 1.82) is 0 Å². The van der Waals surface area contributed by atoms with Crippen molar-refractivity contribution >= 4 is 12.0 Å². The van der Waals surface area contributed by atoms with Gasteiger partial charge in [0, 0.05) is 6.04 Å². The molecule has 1 saturated carbocycles. The van der Waals surface area contributed by atoms with Crippen LogP contribution in [0.2, 0.25) is 0 Å². The lowest BCUT2D eigenvalue weighted by Gasteiger charge is -2.38. The number of hydrogen-bond donors (Lipinski definition) is 3. The predicted octanol–water partition coefficient (Wildman–Crippen LogP) is 0.421. The van der Waals surface area contributed by atoms with Crippen molar-refractivity contribution in [2.45, 2.75) is 50.8 Å². The number of carbonyl (C=O) groups is 2. The SMILES string of the molecule is CC1COC(CO)CN1C(=O)NC1CCCC(C(=O)O)C1. The molecule has 0 aromatic carbocycles. The second-order valence-electron chi connectivity index (χ2n) is 5.99. The first-order valence-corrected chi connectivity index (χ1v) is 7.53. The minimum absolute atomic E-state index is 0.0494. The van der Waals surface area contributed by atoms with Crippen LogP contribution in [0.5, 0.6) is 0 Å². The van der Waals surface area contributed by atoms with Crippen LogP contribution in [0.15, 0.2) is 0 Å². The van der Waals surface area contributed by atoms with Crippen molar-refractivity contribution in [3.63, 3.8) is 0 Å². The van der Waals surface area contributed by atoms with Gasteiger partial charge in [-0.05, 0) is 26.2 Å². The number of carbonyl (C=O) groups excluding carboxylic acids is 1. The fourth-order valence-electron chi connectivity index (χ4n) is 3.01. The molecule has 120 valence electrons. The highest BCUT2D eigenvalue weighted by Gasteiger charge is 2.32. The van der Waals surface area contributed by atoms with Crippen molar-refractivity contribution in [3.05, 3.63) is 0 Å². The Bertz CT molecular complexity index is 390. The molecule has 0 aromatic heterocycles. The third kappa shape index (κ3) is 4.07. The fourth-order valence-corrected chi connectivity index (χ4v) is 3.01. The Morgan fingerprint density at radius 2 is 2.14 bits per heavy atom. The number of amides is 2. The van der Waals surface area contributed by atoms with Gasteiger partial charge in [-0.3, -0.25) is 4.79 Å². The highest BCUT2D eigenvalue weighted by molar-refractivity contribution is 5.75. The lowest BCUT2D eigenvalue weighted by Crippen LogP contribution is -2.57. The second kappa shape index (κ2) is 7.09. The first kappa shape index (κ1) is 16.0. The third-order valence-corrected chi connectivity index (χ3v) is 4.32. The fraction of sp³-hybridized carbons (Fsp3) is 0.857. The van der Waals surface area contributed by atoms with Gasteiger partial charge in [0.05, 0.1) is 37.8 Å². The first-order chi connectivity index (χ1) is 10.0. The molecule has 0 radical (unpaired) electrons. The van der Waals surface area contributed by atoms with Crippen molar-refractivity contribution in [1.82, 2.24) is 10.2 Å². The van der Waals surface area contributed by atoms with Crippen LogP contribution in [0.4, 0.5) is 4.79 Å². The van der Waals surface area contributed by atoms with E-state index in [0.717, 1.165) is 12.8 Å². The van der Waals surface area contributed by atoms with E-state index in [4.69, 9.17) is 14.9 Å². The van der Waals surface area contributed by atoms with Gasteiger partial charge in [-0.1, -0.05) is 6.42 Å². The van der Waals surface area contributed by atoms with Gasteiger partial charge in [-0.2, -0.15) is 0 Å². The number of aliphatic hydroxyl groups excluding tert-OH is 1. The number of nitrogens with one attached hydrogen (secondary N) is 1. The molecule has 2 fully saturated rings. The topological polar surface area (TPSA) is 99.1 Å². The van der Waals surface area contributed by atoms with E-state index >= 15 is 0 Å². The van der Waals surface area contributed by atoms with Crippen LogP contribution in [0.1, 0.15) is 32.6 Å². The number of ether oxygens (including phenoxy) is 1. The van der Waals surface area contributed by atoms with Crippen LogP contribution < -0.4 is 5.32 Å². The largest absolute Gasteiger partial charge is 0.481 e. The van der Waals surface area contributed by atoms with Gasteiger partial charge in [0.15, 0.2) is 0 Å². The van der Waals surface area contributed by atoms with E-state index in [-0.39, 0.29) is 36.7 Å². The van der Waals surface area contributed by atoms with Gasteiger partial charge in [0.25, 0.3) is 0 Å². The number of hydrogen-bond acceptors (Lipinski definition) is 4. The minimum Gasteiger partial charge on any atom is -0.481 e. The molecule has 1 aliphatic heterocycles. The number of carboxylic acid groups (broad SMARTS) is 1. The summed E-state index contributed by atoms with van der Waals surface area (Å²) in [4.78, 5) is 25.1. The summed E-state index contributed by atoms with van der Waals surface area (Å²) in [5.74, 6) is -1.15. The summed E-state index contributed by atoms with van der Waals surface area (Å²) < 4.78 is 5.41. The standard InChI is InChI=1S/C14H24N2O5/c1-9-8-21-12(7-17)6-16(9)14(20)15-11-4-2-3-10(5-11)13(18)19/h9-12,17H,2-8H2,1H3,(H,15,20)(H,18,19). The maximum Gasteiger partial charge on any atom is 0.318 e. The Labute approximate surface area is 124 Å². The molecule has 0 spiro atoms. The van der Waals surface area contributed by atoms with Gasteiger partial charge in [-0.25, -0.2) is 4.79 Å². The van der Waals surface area contributed by atoms with Crippen LogP contribution in [0, 0.1) is 5.92 Å². The molecular formula is C14H24N2O5. The number of carboxylic acids is 1. The molecule has 7 heteroatoms. The lowest BCUT2D eigenvalue weighted by atomic mass is 9.86. The highest BCUT2D eigenvalue weighted by atomic mass is 16.5. The van der Waals surface area contributed by atoms with E-state index in [9.17, 15) is 9.59 Å². The summed E-state index contributed by atoms with van der Waals surface area (Å²) in [6, 6.07) is -0.332. The molecule has 0 bridgehead atoms. The zero-order valence-corrected chi connectivity index (χ0v) is 12.3. The molecule has 2 amide bonds. The predicted molar refractivity (Wildman–Crippen MR) is 74.9 cm³/mol. The summed E-state index contributed by atoms with van der Waals surface area (Å²) in [5, 5.41) is 21.2. The Kier molecular flexibility index (Phi) is 5.41. The van der Waals surface area contributed by atoms with Gasteiger partial charge >= 0.3 is 12.0 Å².